The van der Waals surface area contributed by atoms with Gasteiger partial charge in [0.1, 0.15) is 22.6 Å². The number of nitrogens with zero attached hydrogens (tertiary/aromatic N) is 5. The fraction of sp³-hybridized carbons (Fsp3) is 0.526. The van der Waals surface area contributed by atoms with Crippen LogP contribution in [0.1, 0.15) is 150 Å². The van der Waals surface area contributed by atoms with Crippen LogP contribution < -0.4 is 10.6 Å². The van der Waals surface area contributed by atoms with Crippen LogP contribution >= 0.6 is 0 Å². The maximum Gasteiger partial charge on any atom is 0.490 e. The van der Waals surface area contributed by atoms with Crippen LogP contribution in [-0.4, -0.2) is 104 Å². The molecule has 1 aliphatic carbocycles. The van der Waals surface area contributed by atoms with Gasteiger partial charge in [0.2, 0.25) is 0 Å². The van der Waals surface area contributed by atoms with Gasteiger partial charge in [-0.25, -0.2) is 24.4 Å². The molecule has 0 unspecified atom stereocenters. The van der Waals surface area contributed by atoms with Crippen LogP contribution in [0.5, 0.6) is 0 Å². The number of pyridine rings is 1. The Labute approximate surface area is 436 Å². The van der Waals surface area contributed by atoms with E-state index in [2.05, 4.69) is 57.7 Å². The molecule has 5 aliphatic rings. The van der Waals surface area contributed by atoms with Gasteiger partial charge in [0.05, 0.1) is 39.5 Å². The van der Waals surface area contributed by atoms with Gasteiger partial charge in [0.15, 0.2) is 5.82 Å². The van der Waals surface area contributed by atoms with Crippen LogP contribution in [0.15, 0.2) is 84.5 Å². The second kappa shape index (κ2) is 21.0. The van der Waals surface area contributed by atoms with E-state index in [9.17, 15) is 14.4 Å². The maximum atomic E-state index is 12.9. The summed E-state index contributed by atoms with van der Waals surface area (Å²) in [6.45, 7) is 31.2. The van der Waals surface area contributed by atoms with Crippen molar-refractivity contribution in [2.24, 2.45) is 0 Å². The number of para-hydroxylation sites is 1. The Morgan fingerprint density at radius 1 is 0.740 bits per heavy atom. The number of ether oxygens (including phenoxy) is 3. The Balaban J connectivity index is 0.000000337. The summed E-state index contributed by atoms with van der Waals surface area (Å²) < 4.78 is 31.0. The fourth-order valence-corrected chi connectivity index (χ4v) is 9.14. The number of nitrogens with one attached hydrogen (secondary N) is 2. The van der Waals surface area contributed by atoms with E-state index in [1.165, 1.54) is 0 Å². The Morgan fingerprint density at radius 2 is 1.32 bits per heavy atom. The second-order valence-electron chi connectivity index (χ2n) is 23.1. The van der Waals surface area contributed by atoms with Gasteiger partial charge in [-0.2, -0.15) is 0 Å². The van der Waals surface area contributed by atoms with Gasteiger partial charge in [-0.3, -0.25) is 4.57 Å². The summed E-state index contributed by atoms with van der Waals surface area (Å²) in [5, 5.41) is 6.71. The molecule has 9 rings (SSSR count). The standard InChI is InChI=1S/C39H44N6O4.C16H28BNO4.C2H6.2H2/c1-37(2,3)48-35(46)43-39(20-10-21-39)27-16-14-26(15-17-27)32-31(25-18-23-44(24-19-25)36(47)49-38(4,5)6)42-34-28-11-7-8-12-29(28)41-33-30(45(32)34)13-9-22-40-33;1-14(2,3)20-13(19)18-10-8-12(9-11-18)17-21-15(4,5)16(6,7)22-17;1-2;;/h7-9,11-18,22H,10,19-21,23-24H2,1-6H3,(H,40,41)(H,43,46);8H,9-11H2,1-7H3;1-2H3;2*1H. The molecule has 396 valence electrons. The lowest BCUT2D eigenvalue weighted by Crippen LogP contribution is -2.52. The van der Waals surface area contributed by atoms with E-state index in [0.29, 0.717) is 32.6 Å². The van der Waals surface area contributed by atoms with Crippen LogP contribution in [0.25, 0.3) is 33.9 Å². The number of rotatable bonds is 5. The lowest BCUT2D eigenvalue weighted by Gasteiger charge is -2.43. The third-order valence-electron chi connectivity index (χ3n) is 13.6. The van der Waals surface area contributed by atoms with Crippen molar-refractivity contribution in [3.63, 3.8) is 0 Å². The summed E-state index contributed by atoms with van der Waals surface area (Å²) in [6.07, 6.45) is 9.02. The second-order valence-corrected chi connectivity index (χ2v) is 23.1. The van der Waals surface area contributed by atoms with E-state index >= 15 is 0 Å². The minimum absolute atomic E-state index is 0. The van der Waals surface area contributed by atoms with Crippen molar-refractivity contribution in [2.45, 2.75) is 170 Å². The van der Waals surface area contributed by atoms with E-state index in [1.54, 1.807) is 16.0 Å². The number of hydrogen-bond donors (Lipinski definition) is 2. The summed E-state index contributed by atoms with van der Waals surface area (Å²) in [6, 6.07) is 20.6. The van der Waals surface area contributed by atoms with E-state index < -0.39 is 28.4 Å². The molecule has 0 spiro atoms. The highest BCUT2D eigenvalue weighted by molar-refractivity contribution is 6.54. The molecule has 6 heterocycles. The zero-order valence-electron chi connectivity index (χ0n) is 45.9. The van der Waals surface area contributed by atoms with Crippen molar-refractivity contribution in [1.82, 2.24) is 29.7 Å². The zero-order chi connectivity index (χ0) is 53.3. The van der Waals surface area contributed by atoms with Crippen LogP contribution in [0, 0.1) is 0 Å². The number of imidazole rings is 1. The Bertz CT molecular complexity index is 2720. The Kier molecular flexibility index (Phi) is 15.7. The average molecular weight is 1000 g/mol. The van der Waals surface area contributed by atoms with Gasteiger partial charge in [-0.15, -0.1) is 0 Å². The molecule has 0 bridgehead atoms. The Hall–Kier alpha value is -6.13. The van der Waals surface area contributed by atoms with Gasteiger partial charge in [0, 0.05) is 46.4 Å². The number of hydrogen-bond acceptors (Lipinski definition) is 11. The largest absolute Gasteiger partial charge is 0.490 e. The molecule has 4 aromatic rings. The first-order valence-corrected chi connectivity index (χ1v) is 26.0. The summed E-state index contributed by atoms with van der Waals surface area (Å²) in [5.41, 5.74) is 6.05. The van der Waals surface area contributed by atoms with Gasteiger partial charge in [-0.1, -0.05) is 62.4 Å². The van der Waals surface area contributed by atoms with Crippen molar-refractivity contribution >= 4 is 42.5 Å². The number of anilines is 2. The monoisotopic (exact) mass is 1000 g/mol. The first-order chi connectivity index (χ1) is 34.2. The highest BCUT2D eigenvalue weighted by atomic mass is 16.7. The molecule has 2 N–H and O–H groups in total. The van der Waals surface area contributed by atoms with E-state index in [1.807, 2.05) is 134 Å². The first kappa shape index (κ1) is 54.6. The number of aromatic nitrogens is 3. The molecule has 3 amide bonds. The topological polar surface area (TPSA) is 159 Å². The molecule has 1 saturated heterocycles. The number of amides is 3. The third kappa shape index (κ3) is 12.5. The normalized spacial score (nSPS) is 18.4. The molecule has 2 aromatic carbocycles. The molecule has 4 aliphatic heterocycles. The molecule has 0 atom stereocenters. The maximum absolute atomic E-state index is 12.9. The highest BCUT2D eigenvalue weighted by Crippen LogP contribution is 2.46. The van der Waals surface area contributed by atoms with E-state index in [0.717, 1.165) is 87.8 Å². The lowest BCUT2D eigenvalue weighted by atomic mass is 9.71. The van der Waals surface area contributed by atoms with Crippen molar-refractivity contribution in [3.8, 4) is 28.3 Å². The van der Waals surface area contributed by atoms with Gasteiger partial charge < -0.3 is 44.0 Å². The fourth-order valence-electron chi connectivity index (χ4n) is 9.14. The number of benzene rings is 2. The molecular weight excluding hydrogens is 921 g/mol. The van der Waals surface area contributed by atoms with Crippen molar-refractivity contribution in [2.75, 3.05) is 31.5 Å². The predicted molar refractivity (Wildman–Crippen MR) is 293 cm³/mol. The summed E-state index contributed by atoms with van der Waals surface area (Å²) in [4.78, 5) is 51.4. The molecule has 2 fully saturated rings. The van der Waals surface area contributed by atoms with Crippen molar-refractivity contribution in [3.05, 3.63) is 95.7 Å². The minimum Gasteiger partial charge on any atom is -0.444 e. The quantitative estimate of drug-likeness (QED) is 0.127. The molecule has 16 heteroatoms. The number of alkyl carbamates (subject to hydrolysis) is 1. The smallest absolute Gasteiger partial charge is 0.444 e. The van der Waals surface area contributed by atoms with Gasteiger partial charge in [0.25, 0.3) is 0 Å². The third-order valence-corrected chi connectivity index (χ3v) is 13.6. The summed E-state index contributed by atoms with van der Waals surface area (Å²) >= 11 is 0. The zero-order valence-corrected chi connectivity index (χ0v) is 45.9. The minimum atomic E-state index is -0.578. The molecule has 0 radical (unpaired) electrons. The number of carbonyl (C=O) groups is 3. The molecule has 73 heavy (non-hydrogen) atoms. The Morgan fingerprint density at radius 3 is 1.84 bits per heavy atom. The van der Waals surface area contributed by atoms with Crippen LogP contribution in [0.4, 0.5) is 25.9 Å². The molecular formula is C57H82BN7O8. The van der Waals surface area contributed by atoms with Gasteiger partial charge in [-0.05, 0) is 163 Å². The number of fused-ring (bicyclic) bond motifs is 5. The van der Waals surface area contributed by atoms with Crippen LogP contribution in [-0.2, 0) is 29.1 Å². The SMILES string of the molecule is CC.CC(C)(C)OC(=O)N1CC=C(B2OC(C)(C)C(C)(C)O2)CC1.CC(C)(C)OC(=O)NC1(c2ccc(-c3c(C4=CCN(C(=O)OC(C)(C)C)CC4)nc4n3-c3cccnc3Nc3ccccc3-4)cc2)CCC1.[HH].[HH]. The first-order valence-electron chi connectivity index (χ1n) is 26.0. The van der Waals surface area contributed by atoms with Crippen LogP contribution in [0.2, 0.25) is 0 Å². The average Bonchev–Trinajstić information content (AvgIpc) is 3.75. The highest BCUT2D eigenvalue weighted by Gasteiger charge is 2.52. The number of carbonyl (C=O) groups excluding carboxylic acids is 3. The lowest BCUT2D eigenvalue weighted by molar-refractivity contribution is 0.00578. The molecule has 2 aromatic heterocycles. The molecule has 15 nitrogen and oxygen atoms in total. The van der Waals surface area contributed by atoms with E-state index in [-0.39, 0.29) is 33.4 Å². The van der Waals surface area contributed by atoms with E-state index in [4.69, 9.17) is 33.5 Å². The summed E-state index contributed by atoms with van der Waals surface area (Å²) in [7, 11) is -0.314. The van der Waals surface area contributed by atoms with Crippen LogP contribution in [0.3, 0.4) is 0 Å². The molecule has 1 saturated carbocycles. The summed E-state index contributed by atoms with van der Waals surface area (Å²) in [5.74, 6) is 1.54. The predicted octanol–water partition coefficient (Wildman–Crippen LogP) is 13.3. The van der Waals surface area contributed by atoms with Crippen molar-refractivity contribution in [1.29, 1.82) is 0 Å². The van der Waals surface area contributed by atoms with Crippen molar-refractivity contribution < 1.29 is 40.8 Å². The van der Waals surface area contributed by atoms with Gasteiger partial charge >= 0.3 is 25.4 Å².